The average molecular weight is 310 g/mol. The minimum Gasteiger partial charge on any atom is -0.391 e. The van der Waals surface area contributed by atoms with Crippen LogP contribution in [0.5, 0.6) is 0 Å². The van der Waals surface area contributed by atoms with Crippen LogP contribution in [0.25, 0.3) is 10.2 Å². The van der Waals surface area contributed by atoms with Gasteiger partial charge < -0.3 is 9.84 Å². The van der Waals surface area contributed by atoms with Gasteiger partial charge in [-0.3, -0.25) is 13.9 Å². The summed E-state index contributed by atoms with van der Waals surface area (Å²) in [6.45, 7) is 6.10. The third kappa shape index (κ3) is 2.59. The number of aliphatic hydroxyl groups is 1. The maximum absolute atomic E-state index is 12.5. The molecule has 0 bridgehead atoms. The number of thiophene rings is 1. The Morgan fingerprint density at radius 3 is 2.67 bits per heavy atom. The van der Waals surface area contributed by atoms with Crippen molar-refractivity contribution in [3.05, 3.63) is 43.9 Å². The lowest BCUT2D eigenvalue weighted by atomic mass is 10.2. The first-order valence-electron chi connectivity index (χ1n) is 6.53. The molecule has 21 heavy (non-hydrogen) atoms. The summed E-state index contributed by atoms with van der Waals surface area (Å²) in [6.07, 6.45) is 1.52. The van der Waals surface area contributed by atoms with Gasteiger partial charge in [0.05, 0.1) is 25.1 Å². The third-order valence-electron chi connectivity index (χ3n) is 3.37. The van der Waals surface area contributed by atoms with Crippen molar-refractivity contribution in [2.45, 2.75) is 26.6 Å². The second-order valence-electron chi connectivity index (χ2n) is 4.62. The van der Waals surface area contributed by atoms with Gasteiger partial charge in [0.25, 0.3) is 5.56 Å². The molecule has 0 aliphatic carbocycles. The standard InChI is InChI=1S/C14H18N2O4S/c1-4-5-15-12(18)11-9(2)10(8-17)21-13(11)16(14(15)19)6-7-20-3/h4,17H,1,5-8H2,2-3H3. The molecule has 1 N–H and O–H groups in total. The zero-order valence-corrected chi connectivity index (χ0v) is 12.9. The number of rotatable bonds is 6. The predicted octanol–water partition coefficient (Wildman–Crippen LogP) is 0.858. The van der Waals surface area contributed by atoms with Gasteiger partial charge in [0.15, 0.2) is 0 Å². The minimum absolute atomic E-state index is 0.148. The molecule has 0 aromatic carbocycles. The Balaban J connectivity index is 2.88. The normalized spacial score (nSPS) is 11.2. The molecule has 6 nitrogen and oxygen atoms in total. The fourth-order valence-electron chi connectivity index (χ4n) is 2.26. The smallest absolute Gasteiger partial charge is 0.332 e. The molecule has 0 saturated carbocycles. The van der Waals surface area contributed by atoms with E-state index in [1.54, 1.807) is 14.0 Å². The van der Waals surface area contributed by atoms with Crippen LogP contribution in [-0.4, -0.2) is 28.0 Å². The summed E-state index contributed by atoms with van der Waals surface area (Å²) in [7, 11) is 1.56. The van der Waals surface area contributed by atoms with E-state index in [-0.39, 0.29) is 24.4 Å². The van der Waals surface area contributed by atoms with Gasteiger partial charge in [0, 0.05) is 18.5 Å². The lowest BCUT2D eigenvalue weighted by Gasteiger charge is -2.10. The van der Waals surface area contributed by atoms with Crippen molar-refractivity contribution in [2.75, 3.05) is 13.7 Å². The van der Waals surface area contributed by atoms with E-state index < -0.39 is 0 Å². The van der Waals surface area contributed by atoms with Gasteiger partial charge in [0.1, 0.15) is 4.83 Å². The quantitative estimate of drug-likeness (QED) is 0.803. The fraction of sp³-hybridized carbons (Fsp3) is 0.429. The van der Waals surface area contributed by atoms with E-state index in [1.165, 1.54) is 22.0 Å². The molecule has 0 saturated heterocycles. The third-order valence-corrected chi connectivity index (χ3v) is 4.67. The molecule has 2 rings (SSSR count). The Morgan fingerprint density at radius 2 is 2.10 bits per heavy atom. The van der Waals surface area contributed by atoms with Crippen LogP contribution in [0.3, 0.4) is 0 Å². The van der Waals surface area contributed by atoms with Crippen LogP contribution in [-0.2, 0) is 24.4 Å². The Morgan fingerprint density at radius 1 is 1.38 bits per heavy atom. The van der Waals surface area contributed by atoms with Crippen molar-refractivity contribution in [3.8, 4) is 0 Å². The summed E-state index contributed by atoms with van der Waals surface area (Å²) in [5.41, 5.74) is 0.0127. The molecule has 0 atom stereocenters. The molecule has 0 aliphatic heterocycles. The highest BCUT2D eigenvalue weighted by molar-refractivity contribution is 7.18. The lowest BCUT2D eigenvalue weighted by molar-refractivity contribution is 0.186. The van der Waals surface area contributed by atoms with E-state index in [2.05, 4.69) is 6.58 Å². The molecule has 0 radical (unpaired) electrons. The van der Waals surface area contributed by atoms with Gasteiger partial charge in [-0.15, -0.1) is 17.9 Å². The highest BCUT2D eigenvalue weighted by atomic mass is 32.1. The van der Waals surface area contributed by atoms with Crippen molar-refractivity contribution >= 4 is 21.6 Å². The number of hydrogen-bond donors (Lipinski definition) is 1. The van der Waals surface area contributed by atoms with Crippen LogP contribution in [0.4, 0.5) is 0 Å². The van der Waals surface area contributed by atoms with Crippen molar-refractivity contribution in [2.24, 2.45) is 0 Å². The van der Waals surface area contributed by atoms with Crippen molar-refractivity contribution in [1.29, 1.82) is 0 Å². The number of aryl methyl sites for hydroxylation is 1. The van der Waals surface area contributed by atoms with Crippen LogP contribution in [0, 0.1) is 6.92 Å². The van der Waals surface area contributed by atoms with Crippen LogP contribution in [0.15, 0.2) is 22.2 Å². The van der Waals surface area contributed by atoms with E-state index in [9.17, 15) is 14.7 Å². The molecular weight excluding hydrogens is 292 g/mol. The average Bonchev–Trinajstić information content (AvgIpc) is 2.80. The van der Waals surface area contributed by atoms with Crippen molar-refractivity contribution in [3.63, 3.8) is 0 Å². The first-order valence-corrected chi connectivity index (χ1v) is 7.34. The number of aliphatic hydroxyl groups excluding tert-OH is 1. The van der Waals surface area contributed by atoms with Crippen LogP contribution in [0.2, 0.25) is 0 Å². The topological polar surface area (TPSA) is 73.5 Å². The summed E-state index contributed by atoms with van der Waals surface area (Å²) in [6, 6.07) is 0. The number of aromatic nitrogens is 2. The van der Waals surface area contributed by atoms with Gasteiger partial charge >= 0.3 is 5.69 Å². The largest absolute Gasteiger partial charge is 0.391 e. The number of allylic oxidation sites excluding steroid dienone is 1. The zero-order chi connectivity index (χ0) is 15.6. The molecule has 2 heterocycles. The van der Waals surface area contributed by atoms with E-state index in [0.29, 0.717) is 28.2 Å². The lowest BCUT2D eigenvalue weighted by Crippen LogP contribution is -2.40. The van der Waals surface area contributed by atoms with E-state index >= 15 is 0 Å². The number of ether oxygens (including phenoxy) is 1. The number of hydrogen-bond acceptors (Lipinski definition) is 5. The van der Waals surface area contributed by atoms with E-state index in [4.69, 9.17) is 4.74 Å². The van der Waals surface area contributed by atoms with Gasteiger partial charge in [0.2, 0.25) is 0 Å². The Kier molecular flexibility index (Phi) is 4.76. The molecule has 0 fully saturated rings. The number of methoxy groups -OCH3 is 1. The minimum atomic E-state index is -0.379. The highest BCUT2D eigenvalue weighted by Gasteiger charge is 2.18. The van der Waals surface area contributed by atoms with Crippen molar-refractivity contribution in [1.82, 2.24) is 9.13 Å². The van der Waals surface area contributed by atoms with Gasteiger partial charge in [-0.2, -0.15) is 0 Å². The molecule has 114 valence electrons. The highest BCUT2D eigenvalue weighted by Crippen LogP contribution is 2.27. The van der Waals surface area contributed by atoms with Crippen LogP contribution >= 0.6 is 11.3 Å². The zero-order valence-electron chi connectivity index (χ0n) is 12.1. The Hall–Kier alpha value is -1.70. The second-order valence-corrected chi connectivity index (χ2v) is 5.70. The first-order chi connectivity index (χ1) is 10.1. The molecule has 0 spiro atoms. The fourth-order valence-corrected chi connectivity index (χ4v) is 3.44. The van der Waals surface area contributed by atoms with Gasteiger partial charge in [-0.05, 0) is 12.5 Å². The maximum atomic E-state index is 12.5. The van der Waals surface area contributed by atoms with E-state index in [0.717, 1.165) is 10.1 Å². The summed E-state index contributed by atoms with van der Waals surface area (Å²) >= 11 is 1.27. The summed E-state index contributed by atoms with van der Waals surface area (Å²) in [5.74, 6) is 0. The first kappa shape index (κ1) is 15.7. The second kappa shape index (κ2) is 6.38. The van der Waals surface area contributed by atoms with Gasteiger partial charge in [-0.1, -0.05) is 6.08 Å². The molecule has 2 aromatic heterocycles. The monoisotopic (exact) mass is 310 g/mol. The van der Waals surface area contributed by atoms with Crippen LogP contribution < -0.4 is 11.2 Å². The maximum Gasteiger partial charge on any atom is 0.332 e. The predicted molar refractivity (Wildman–Crippen MR) is 83.1 cm³/mol. The Labute approximate surface area is 125 Å². The number of nitrogens with zero attached hydrogens (tertiary/aromatic N) is 2. The summed E-state index contributed by atoms with van der Waals surface area (Å²) in [4.78, 5) is 26.3. The summed E-state index contributed by atoms with van der Waals surface area (Å²) < 4.78 is 7.72. The van der Waals surface area contributed by atoms with Gasteiger partial charge in [-0.25, -0.2) is 4.79 Å². The number of fused-ring (bicyclic) bond motifs is 1. The SMILES string of the molecule is C=CCn1c(=O)c2c(C)c(CO)sc2n(CCOC)c1=O. The molecule has 0 aliphatic rings. The summed E-state index contributed by atoms with van der Waals surface area (Å²) in [5, 5.41) is 9.88. The molecule has 2 aromatic rings. The van der Waals surface area contributed by atoms with E-state index in [1.807, 2.05) is 0 Å². The Bertz CT molecular complexity index is 785. The van der Waals surface area contributed by atoms with Crippen LogP contribution in [0.1, 0.15) is 10.4 Å². The molecule has 0 unspecified atom stereocenters. The molecule has 7 heteroatoms. The van der Waals surface area contributed by atoms with Crippen molar-refractivity contribution < 1.29 is 9.84 Å². The molecular formula is C14H18N2O4S. The molecule has 0 amide bonds.